The van der Waals surface area contributed by atoms with Gasteiger partial charge in [0.25, 0.3) is 0 Å². The van der Waals surface area contributed by atoms with Crippen molar-refractivity contribution in [3.63, 3.8) is 0 Å². The maximum absolute atomic E-state index is 12.3. The van der Waals surface area contributed by atoms with Crippen LogP contribution in [0.3, 0.4) is 0 Å². The Bertz CT molecular complexity index is 1110. The summed E-state index contributed by atoms with van der Waals surface area (Å²) in [5, 5.41) is 3.51. The molecule has 3 aromatic rings. The zero-order valence-electron chi connectivity index (χ0n) is 15.2. The van der Waals surface area contributed by atoms with Gasteiger partial charge in [0.05, 0.1) is 5.56 Å². The average Bonchev–Trinajstić information content (AvgIpc) is 3.08. The molecule has 4 rings (SSSR count). The summed E-state index contributed by atoms with van der Waals surface area (Å²) in [6, 6.07) is 25.3. The van der Waals surface area contributed by atoms with E-state index in [1.54, 1.807) is 48.5 Å². The molecule has 0 bridgehead atoms. The van der Waals surface area contributed by atoms with E-state index in [2.05, 4.69) is 10.3 Å². The lowest BCUT2D eigenvalue weighted by Crippen LogP contribution is -2.08. The van der Waals surface area contributed by atoms with E-state index < -0.39 is 5.97 Å². The molecular formula is C23H16N2O3S. The number of rotatable bonds is 4. The molecular weight excluding hydrogens is 384 g/mol. The van der Waals surface area contributed by atoms with Gasteiger partial charge in [-0.2, -0.15) is 0 Å². The zero-order chi connectivity index (χ0) is 20.1. The number of thioether (sulfide) groups is 1. The number of nitrogens with zero attached hydrogens (tertiary/aromatic N) is 1. The van der Waals surface area contributed by atoms with E-state index >= 15 is 0 Å². The fourth-order valence-electron chi connectivity index (χ4n) is 2.67. The predicted octanol–water partition coefficient (Wildman–Crippen LogP) is 4.99. The van der Waals surface area contributed by atoms with Crippen LogP contribution >= 0.6 is 11.8 Å². The number of hydrogen-bond acceptors (Lipinski definition) is 6. The molecule has 29 heavy (non-hydrogen) atoms. The first-order valence-electron chi connectivity index (χ1n) is 8.89. The minimum atomic E-state index is -0.435. The Balaban J connectivity index is 1.50. The van der Waals surface area contributed by atoms with Crippen molar-refractivity contribution >= 4 is 39.8 Å². The van der Waals surface area contributed by atoms with Crippen LogP contribution < -0.4 is 10.1 Å². The number of para-hydroxylation sites is 1. The second kappa shape index (κ2) is 8.58. The predicted molar refractivity (Wildman–Crippen MR) is 116 cm³/mol. The van der Waals surface area contributed by atoms with Crippen LogP contribution in [0.2, 0.25) is 0 Å². The summed E-state index contributed by atoms with van der Waals surface area (Å²) in [6.45, 7) is 0. The monoisotopic (exact) mass is 400 g/mol. The molecule has 0 fully saturated rings. The largest absolute Gasteiger partial charge is 0.423 e. The Hall–Kier alpha value is -3.64. The third kappa shape index (κ3) is 4.80. The lowest BCUT2D eigenvalue weighted by molar-refractivity contribution is -0.107. The number of hydrogen-bond donors (Lipinski definition) is 1. The van der Waals surface area contributed by atoms with Crippen molar-refractivity contribution in [1.29, 1.82) is 0 Å². The van der Waals surface area contributed by atoms with Gasteiger partial charge in [0.2, 0.25) is 5.12 Å². The Morgan fingerprint density at radius 3 is 2.41 bits per heavy atom. The van der Waals surface area contributed by atoms with Gasteiger partial charge in [-0.15, -0.1) is 0 Å². The molecule has 0 unspecified atom stereocenters. The van der Waals surface area contributed by atoms with Crippen LogP contribution in [0.15, 0.2) is 95.6 Å². The molecule has 0 amide bonds. The summed E-state index contributed by atoms with van der Waals surface area (Å²) in [6.07, 6.45) is 1.68. The SMILES string of the molecule is O=C1SC(Nc2ccccc2)=NC1=Cc1cccc(OC(=O)c2ccccc2)c1. The number of benzene rings is 3. The highest BCUT2D eigenvalue weighted by molar-refractivity contribution is 8.27. The van der Waals surface area contributed by atoms with Crippen molar-refractivity contribution in [3.05, 3.63) is 102 Å². The van der Waals surface area contributed by atoms with Gasteiger partial charge in [-0.25, -0.2) is 9.79 Å². The highest BCUT2D eigenvalue weighted by Crippen LogP contribution is 2.27. The van der Waals surface area contributed by atoms with E-state index in [0.717, 1.165) is 23.0 Å². The minimum Gasteiger partial charge on any atom is -0.423 e. The third-order valence-electron chi connectivity index (χ3n) is 4.03. The first kappa shape index (κ1) is 18.7. The summed E-state index contributed by atoms with van der Waals surface area (Å²) >= 11 is 1.05. The summed E-state index contributed by atoms with van der Waals surface area (Å²) < 4.78 is 5.43. The molecule has 1 heterocycles. The normalized spacial score (nSPS) is 14.6. The van der Waals surface area contributed by atoms with Crippen LogP contribution in [0.1, 0.15) is 15.9 Å². The molecule has 0 aliphatic carbocycles. The highest BCUT2D eigenvalue weighted by atomic mass is 32.2. The Morgan fingerprint density at radius 2 is 1.66 bits per heavy atom. The summed E-state index contributed by atoms with van der Waals surface area (Å²) in [4.78, 5) is 28.9. The van der Waals surface area contributed by atoms with Gasteiger partial charge in [-0.3, -0.25) is 4.79 Å². The van der Waals surface area contributed by atoms with Crippen LogP contribution in [0.25, 0.3) is 6.08 Å². The average molecular weight is 400 g/mol. The standard InChI is InChI=1S/C23H16N2O3S/c26-21(17-9-3-1-4-10-17)28-19-13-7-8-16(14-19)15-20-22(27)29-23(25-20)24-18-11-5-2-6-12-18/h1-15H,(H,24,25). The van der Waals surface area contributed by atoms with Gasteiger partial charge < -0.3 is 10.1 Å². The number of amidine groups is 1. The smallest absolute Gasteiger partial charge is 0.343 e. The summed E-state index contributed by atoms with van der Waals surface area (Å²) in [7, 11) is 0. The number of carbonyl (C=O) groups excluding carboxylic acids is 2. The molecule has 1 N–H and O–H groups in total. The maximum Gasteiger partial charge on any atom is 0.343 e. The van der Waals surface area contributed by atoms with Crippen molar-refractivity contribution in [3.8, 4) is 5.75 Å². The van der Waals surface area contributed by atoms with Crippen molar-refractivity contribution in [1.82, 2.24) is 0 Å². The molecule has 0 spiro atoms. The molecule has 0 aromatic heterocycles. The number of ether oxygens (including phenoxy) is 1. The van der Waals surface area contributed by atoms with Crippen molar-refractivity contribution < 1.29 is 14.3 Å². The van der Waals surface area contributed by atoms with Gasteiger partial charge in [-0.1, -0.05) is 48.5 Å². The van der Waals surface area contributed by atoms with Gasteiger partial charge in [-0.05, 0) is 59.8 Å². The van der Waals surface area contributed by atoms with Crippen LogP contribution in [-0.4, -0.2) is 16.3 Å². The molecule has 1 aliphatic rings. The molecule has 6 heteroatoms. The molecule has 0 saturated heterocycles. The molecule has 0 saturated carbocycles. The van der Waals surface area contributed by atoms with E-state index in [4.69, 9.17) is 4.74 Å². The van der Waals surface area contributed by atoms with Gasteiger partial charge in [0.1, 0.15) is 11.4 Å². The zero-order valence-corrected chi connectivity index (χ0v) is 16.1. The van der Waals surface area contributed by atoms with E-state index in [9.17, 15) is 9.59 Å². The van der Waals surface area contributed by atoms with Gasteiger partial charge in [0.15, 0.2) is 5.17 Å². The van der Waals surface area contributed by atoms with Crippen molar-refractivity contribution in [2.24, 2.45) is 4.99 Å². The topological polar surface area (TPSA) is 67.8 Å². The van der Waals surface area contributed by atoms with E-state index in [1.165, 1.54) is 0 Å². The Kier molecular flexibility index (Phi) is 5.54. The fourth-order valence-corrected chi connectivity index (χ4v) is 3.37. The molecule has 5 nitrogen and oxygen atoms in total. The van der Waals surface area contributed by atoms with Gasteiger partial charge in [0, 0.05) is 5.69 Å². The van der Waals surface area contributed by atoms with Crippen LogP contribution in [-0.2, 0) is 4.79 Å². The third-order valence-corrected chi connectivity index (χ3v) is 4.81. The van der Waals surface area contributed by atoms with E-state index in [1.807, 2.05) is 42.5 Å². The van der Waals surface area contributed by atoms with E-state index in [-0.39, 0.29) is 5.12 Å². The fraction of sp³-hybridized carbons (Fsp3) is 0. The molecule has 0 radical (unpaired) electrons. The first-order chi connectivity index (χ1) is 14.2. The van der Waals surface area contributed by atoms with Crippen LogP contribution in [0.4, 0.5) is 5.69 Å². The number of carbonyl (C=O) groups is 2. The Morgan fingerprint density at radius 1 is 0.931 bits per heavy atom. The second-order valence-electron chi connectivity index (χ2n) is 6.16. The lowest BCUT2D eigenvalue weighted by atomic mass is 10.2. The van der Waals surface area contributed by atoms with Crippen LogP contribution in [0.5, 0.6) is 5.75 Å². The van der Waals surface area contributed by atoms with Crippen molar-refractivity contribution in [2.45, 2.75) is 0 Å². The molecule has 3 aromatic carbocycles. The first-order valence-corrected chi connectivity index (χ1v) is 9.71. The van der Waals surface area contributed by atoms with E-state index in [0.29, 0.717) is 22.2 Å². The number of nitrogens with one attached hydrogen (secondary N) is 1. The maximum atomic E-state index is 12.3. The number of esters is 1. The van der Waals surface area contributed by atoms with Crippen LogP contribution in [0, 0.1) is 0 Å². The summed E-state index contributed by atoms with van der Waals surface area (Å²) in [5.41, 5.74) is 2.39. The highest BCUT2D eigenvalue weighted by Gasteiger charge is 2.22. The number of aliphatic imine (C=N–C) groups is 1. The van der Waals surface area contributed by atoms with Crippen molar-refractivity contribution in [2.75, 3.05) is 5.32 Å². The van der Waals surface area contributed by atoms with Gasteiger partial charge >= 0.3 is 5.97 Å². The second-order valence-corrected chi connectivity index (χ2v) is 7.12. The number of anilines is 1. The summed E-state index contributed by atoms with van der Waals surface area (Å²) in [5.74, 6) is -0.0341. The lowest BCUT2D eigenvalue weighted by Gasteiger charge is -2.05. The quantitative estimate of drug-likeness (QED) is 0.380. The minimum absolute atomic E-state index is 0.143. The molecule has 1 aliphatic heterocycles. The molecule has 142 valence electrons. The molecule has 0 atom stereocenters. The Labute approximate surface area is 172 Å².